The molecule has 0 aliphatic heterocycles. The third-order valence-electron chi connectivity index (χ3n) is 6.03. The summed E-state index contributed by atoms with van der Waals surface area (Å²) in [6, 6.07) is 16.1. The Morgan fingerprint density at radius 3 is 2.34 bits per heavy atom. The van der Waals surface area contributed by atoms with Crippen LogP contribution in [0.5, 0.6) is 5.75 Å². The van der Waals surface area contributed by atoms with Gasteiger partial charge in [-0.05, 0) is 55.2 Å². The fraction of sp³-hybridized carbons (Fsp3) is 0.333. The van der Waals surface area contributed by atoms with Crippen molar-refractivity contribution in [3.63, 3.8) is 0 Å². The number of aromatic nitrogens is 2. The Kier molecular flexibility index (Phi) is 5.38. The van der Waals surface area contributed by atoms with Crippen LogP contribution in [-0.2, 0) is 16.8 Å². The van der Waals surface area contributed by atoms with Gasteiger partial charge in [0.2, 0.25) is 5.91 Å². The van der Waals surface area contributed by atoms with Crippen molar-refractivity contribution in [2.24, 2.45) is 5.73 Å². The summed E-state index contributed by atoms with van der Waals surface area (Å²) in [5, 5.41) is 0. The van der Waals surface area contributed by atoms with E-state index < -0.39 is 5.41 Å². The highest BCUT2D eigenvalue weighted by Gasteiger charge is 2.39. The Balaban J connectivity index is 1.42. The van der Waals surface area contributed by atoms with Crippen molar-refractivity contribution in [3.05, 3.63) is 77.9 Å². The molecule has 1 aliphatic carbocycles. The molecule has 1 saturated carbocycles. The minimum absolute atomic E-state index is 0.209. The van der Waals surface area contributed by atoms with Gasteiger partial charge in [-0.1, -0.05) is 43.5 Å². The average molecular weight is 389 g/mol. The van der Waals surface area contributed by atoms with E-state index in [0.717, 1.165) is 54.1 Å². The minimum Gasteiger partial charge on any atom is -0.489 e. The molecule has 5 heteroatoms. The number of nitrogens with zero attached hydrogens (tertiary/aromatic N) is 2. The molecule has 29 heavy (non-hydrogen) atoms. The monoisotopic (exact) mass is 389 g/mol. The van der Waals surface area contributed by atoms with Crippen molar-refractivity contribution in [1.29, 1.82) is 0 Å². The van der Waals surface area contributed by atoms with Crippen molar-refractivity contribution < 1.29 is 9.53 Å². The van der Waals surface area contributed by atoms with Gasteiger partial charge in [0.25, 0.3) is 0 Å². The summed E-state index contributed by atoms with van der Waals surface area (Å²) in [5.41, 5.74) is 8.46. The predicted molar refractivity (Wildman–Crippen MR) is 113 cm³/mol. The molecule has 0 saturated heterocycles. The molecule has 5 nitrogen and oxygen atoms in total. The first-order valence-corrected chi connectivity index (χ1v) is 10.2. The summed E-state index contributed by atoms with van der Waals surface area (Å²) in [5.74, 6) is 1.54. The van der Waals surface area contributed by atoms with Crippen LogP contribution in [0.25, 0.3) is 5.69 Å². The van der Waals surface area contributed by atoms with E-state index in [0.29, 0.717) is 6.61 Å². The Hall–Kier alpha value is -3.08. The Bertz CT molecular complexity index is 968. The Morgan fingerprint density at radius 1 is 1.07 bits per heavy atom. The molecule has 150 valence electrons. The molecule has 2 aromatic carbocycles. The second-order valence-electron chi connectivity index (χ2n) is 7.83. The molecule has 0 radical (unpaired) electrons. The van der Waals surface area contributed by atoms with Gasteiger partial charge in [0, 0.05) is 18.1 Å². The first-order chi connectivity index (χ1) is 14.1. The van der Waals surface area contributed by atoms with E-state index >= 15 is 0 Å². The predicted octanol–water partition coefficient (Wildman–Crippen LogP) is 4.45. The summed E-state index contributed by atoms with van der Waals surface area (Å²) in [7, 11) is 0. The van der Waals surface area contributed by atoms with Gasteiger partial charge < -0.3 is 15.0 Å². The normalized spacial score (nSPS) is 15.8. The number of aryl methyl sites for hydroxylation is 1. The topological polar surface area (TPSA) is 70.1 Å². The van der Waals surface area contributed by atoms with Gasteiger partial charge >= 0.3 is 0 Å². The van der Waals surface area contributed by atoms with Crippen LogP contribution in [0.15, 0.2) is 60.9 Å². The minimum atomic E-state index is -0.516. The number of carbonyl (C=O) groups excluding carboxylic acids is 1. The van der Waals surface area contributed by atoms with Crippen LogP contribution in [0.4, 0.5) is 0 Å². The van der Waals surface area contributed by atoms with Crippen molar-refractivity contribution in [2.75, 3.05) is 0 Å². The number of nitrogens with two attached hydrogens (primary N) is 1. The third-order valence-corrected chi connectivity index (χ3v) is 6.03. The van der Waals surface area contributed by atoms with Crippen LogP contribution in [-0.4, -0.2) is 15.5 Å². The lowest BCUT2D eigenvalue weighted by Crippen LogP contribution is -2.42. The van der Waals surface area contributed by atoms with E-state index in [-0.39, 0.29) is 5.91 Å². The molecular formula is C24H27N3O2. The second kappa shape index (κ2) is 8.11. The van der Waals surface area contributed by atoms with E-state index in [9.17, 15) is 4.79 Å². The van der Waals surface area contributed by atoms with Crippen molar-refractivity contribution in [3.8, 4) is 11.4 Å². The summed E-state index contributed by atoms with van der Waals surface area (Å²) in [4.78, 5) is 16.4. The molecular weight excluding hydrogens is 362 g/mol. The fourth-order valence-electron chi connectivity index (χ4n) is 4.27. The number of carbonyl (C=O) groups is 1. The summed E-state index contributed by atoms with van der Waals surface area (Å²) < 4.78 is 7.99. The molecule has 0 atom stereocenters. The average Bonchev–Trinajstić information content (AvgIpc) is 3.19. The van der Waals surface area contributed by atoms with E-state index in [2.05, 4.69) is 29.2 Å². The van der Waals surface area contributed by atoms with Crippen LogP contribution < -0.4 is 10.5 Å². The zero-order chi connectivity index (χ0) is 20.3. The van der Waals surface area contributed by atoms with Gasteiger partial charge in [-0.3, -0.25) is 4.79 Å². The van der Waals surface area contributed by atoms with Gasteiger partial charge in [0.15, 0.2) is 0 Å². The van der Waals surface area contributed by atoms with Crippen LogP contribution in [0, 0.1) is 6.92 Å². The molecule has 1 fully saturated rings. The van der Waals surface area contributed by atoms with Crippen molar-refractivity contribution in [2.45, 2.75) is 51.0 Å². The Morgan fingerprint density at radius 2 is 1.76 bits per heavy atom. The van der Waals surface area contributed by atoms with Gasteiger partial charge in [-0.25, -0.2) is 4.98 Å². The van der Waals surface area contributed by atoms with E-state index in [1.165, 1.54) is 6.42 Å². The van der Waals surface area contributed by atoms with Gasteiger partial charge in [-0.2, -0.15) is 0 Å². The number of benzene rings is 2. The molecule has 2 N–H and O–H groups in total. The molecule has 0 unspecified atom stereocenters. The van der Waals surface area contributed by atoms with Crippen LogP contribution in [0.3, 0.4) is 0 Å². The SMILES string of the molecule is Cc1nccn1-c1ccc(COc2ccc(C3(C(N)=O)CCCCC3)cc2)cc1. The summed E-state index contributed by atoms with van der Waals surface area (Å²) >= 11 is 0. The second-order valence-corrected chi connectivity index (χ2v) is 7.83. The largest absolute Gasteiger partial charge is 0.489 e. The highest BCUT2D eigenvalue weighted by Crippen LogP contribution is 2.39. The van der Waals surface area contributed by atoms with Gasteiger partial charge in [0.05, 0.1) is 5.41 Å². The molecule has 0 spiro atoms. The van der Waals surface area contributed by atoms with Crippen LogP contribution in [0.2, 0.25) is 0 Å². The maximum Gasteiger partial charge on any atom is 0.228 e. The molecule has 1 aliphatic rings. The number of hydrogen-bond acceptors (Lipinski definition) is 3. The van der Waals surface area contributed by atoms with Crippen LogP contribution in [0.1, 0.15) is 49.1 Å². The highest BCUT2D eigenvalue weighted by molar-refractivity contribution is 5.86. The first-order valence-electron chi connectivity index (χ1n) is 10.2. The summed E-state index contributed by atoms with van der Waals surface area (Å²) in [6.45, 7) is 2.47. The number of hydrogen-bond donors (Lipinski definition) is 1. The lowest BCUT2D eigenvalue weighted by Gasteiger charge is -2.34. The zero-order valence-corrected chi connectivity index (χ0v) is 16.8. The fourth-order valence-corrected chi connectivity index (χ4v) is 4.27. The number of rotatable bonds is 6. The quantitative estimate of drug-likeness (QED) is 0.677. The standard InChI is InChI=1S/C24H27N3O2/c1-18-26-15-16-27(18)21-9-5-19(6-10-21)17-29-22-11-7-20(8-12-22)24(23(25)28)13-3-2-4-14-24/h5-12,15-16H,2-4,13-14,17H2,1H3,(H2,25,28). The van der Waals surface area contributed by atoms with E-state index in [4.69, 9.17) is 10.5 Å². The van der Waals surface area contributed by atoms with Crippen molar-refractivity contribution in [1.82, 2.24) is 9.55 Å². The molecule has 3 aromatic rings. The zero-order valence-electron chi connectivity index (χ0n) is 16.8. The highest BCUT2D eigenvalue weighted by atomic mass is 16.5. The van der Waals surface area contributed by atoms with Crippen LogP contribution >= 0.6 is 0 Å². The Labute approximate surface area is 171 Å². The van der Waals surface area contributed by atoms with E-state index in [1.807, 2.05) is 42.0 Å². The number of imidazole rings is 1. The number of ether oxygens (including phenoxy) is 1. The molecule has 0 bridgehead atoms. The first kappa shape index (κ1) is 19.2. The lowest BCUT2D eigenvalue weighted by atomic mass is 9.69. The molecule has 4 rings (SSSR count). The molecule has 1 amide bonds. The smallest absolute Gasteiger partial charge is 0.228 e. The van der Waals surface area contributed by atoms with Gasteiger partial charge in [0.1, 0.15) is 18.2 Å². The lowest BCUT2D eigenvalue weighted by molar-refractivity contribution is -0.124. The molecule has 1 heterocycles. The molecule has 1 aromatic heterocycles. The maximum atomic E-state index is 12.2. The third kappa shape index (κ3) is 3.90. The van der Waals surface area contributed by atoms with Crippen molar-refractivity contribution >= 4 is 5.91 Å². The van der Waals surface area contributed by atoms with Gasteiger partial charge in [-0.15, -0.1) is 0 Å². The number of amides is 1. The summed E-state index contributed by atoms with van der Waals surface area (Å²) in [6.07, 6.45) is 8.71. The van der Waals surface area contributed by atoms with E-state index in [1.54, 1.807) is 6.20 Å². The number of primary amides is 1. The maximum absolute atomic E-state index is 12.2.